The van der Waals surface area contributed by atoms with E-state index < -0.39 is 10.0 Å². The predicted octanol–water partition coefficient (Wildman–Crippen LogP) is 1.38. The van der Waals surface area contributed by atoms with Gasteiger partial charge in [-0.25, -0.2) is 12.7 Å². The van der Waals surface area contributed by atoms with Crippen molar-refractivity contribution in [1.29, 1.82) is 0 Å². The van der Waals surface area contributed by atoms with E-state index in [1.165, 1.54) is 10.6 Å². The van der Waals surface area contributed by atoms with Crippen molar-refractivity contribution < 1.29 is 13.2 Å². The second-order valence-electron chi connectivity index (χ2n) is 7.05. The number of hydrogen-bond donors (Lipinski definition) is 1. The van der Waals surface area contributed by atoms with Crippen molar-refractivity contribution in [2.24, 2.45) is 17.1 Å². The zero-order valence-corrected chi connectivity index (χ0v) is 13.9. The van der Waals surface area contributed by atoms with Crippen LogP contribution in [0.4, 0.5) is 0 Å². The first-order chi connectivity index (χ1) is 9.00. The molecule has 1 aliphatic heterocycles. The second kappa shape index (κ2) is 6.54. The quantitative estimate of drug-likeness (QED) is 0.832. The lowest BCUT2D eigenvalue weighted by Crippen LogP contribution is -2.41. The number of nitrogens with zero attached hydrogens (tertiary/aromatic N) is 1. The molecule has 2 atom stereocenters. The molecule has 1 rings (SSSR count). The van der Waals surface area contributed by atoms with Gasteiger partial charge in [0.15, 0.2) is 0 Å². The summed E-state index contributed by atoms with van der Waals surface area (Å²) in [6.07, 6.45) is 3.79. The number of piperidine rings is 1. The van der Waals surface area contributed by atoms with Crippen molar-refractivity contribution in [3.05, 3.63) is 0 Å². The molecule has 0 spiro atoms. The average molecular weight is 304 g/mol. The number of carbonyl (C=O) groups is 1. The molecule has 0 radical (unpaired) electrons. The first kappa shape index (κ1) is 17.6. The van der Waals surface area contributed by atoms with Crippen molar-refractivity contribution in [3.63, 3.8) is 0 Å². The Balaban J connectivity index is 2.50. The number of hydrogen-bond acceptors (Lipinski definition) is 4. The molecule has 0 aromatic heterocycles. The van der Waals surface area contributed by atoms with Gasteiger partial charge in [-0.05, 0) is 24.2 Å². The van der Waals surface area contributed by atoms with Gasteiger partial charge in [-0.2, -0.15) is 0 Å². The molecular formula is C14H28N2O3S. The van der Waals surface area contributed by atoms with Gasteiger partial charge < -0.3 is 5.73 Å². The minimum atomic E-state index is -3.14. The fourth-order valence-electron chi connectivity index (χ4n) is 2.45. The third-order valence-electron chi connectivity index (χ3n) is 4.03. The smallest absolute Gasteiger partial charge is 0.211 e. The summed E-state index contributed by atoms with van der Waals surface area (Å²) in [5, 5.41) is 0. The van der Waals surface area contributed by atoms with Crippen LogP contribution in [0, 0.1) is 11.3 Å². The molecule has 2 N–H and O–H groups in total. The molecule has 20 heavy (non-hydrogen) atoms. The molecule has 1 heterocycles. The topological polar surface area (TPSA) is 80.5 Å². The SMILES string of the molecule is CC(C)(C)C(N)CC(=O)CC1CCCN(S(C)(=O)=O)C1. The maximum Gasteiger partial charge on any atom is 0.211 e. The largest absolute Gasteiger partial charge is 0.327 e. The van der Waals surface area contributed by atoms with Gasteiger partial charge in [0.25, 0.3) is 0 Å². The lowest BCUT2D eigenvalue weighted by Gasteiger charge is -2.31. The number of Topliss-reactive ketones (excluding diaryl/α,β-unsaturated/α-hetero) is 1. The Hall–Kier alpha value is -0.460. The Morgan fingerprint density at radius 3 is 2.50 bits per heavy atom. The normalized spacial score (nSPS) is 23.6. The number of nitrogens with two attached hydrogens (primary N) is 1. The Labute approximate surface area is 122 Å². The fraction of sp³-hybridized carbons (Fsp3) is 0.929. The molecule has 1 saturated heterocycles. The maximum atomic E-state index is 12.1. The summed E-state index contributed by atoms with van der Waals surface area (Å²) in [7, 11) is -3.14. The number of carbonyl (C=O) groups excluding carboxylic acids is 1. The van der Waals surface area contributed by atoms with Gasteiger partial charge in [0.05, 0.1) is 6.26 Å². The van der Waals surface area contributed by atoms with Crippen LogP contribution in [0.2, 0.25) is 0 Å². The summed E-state index contributed by atoms with van der Waals surface area (Å²) in [6, 6.07) is -0.149. The van der Waals surface area contributed by atoms with E-state index in [0.29, 0.717) is 25.9 Å². The van der Waals surface area contributed by atoms with Crippen LogP contribution in [0.25, 0.3) is 0 Å². The molecule has 0 aromatic rings. The summed E-state index contributed by atoms with van der Waals surface area (Å²) in [4.78, 5) is 12.1. The van der Waals surface area contributed by atoms with E-state index in [1.54, 1.807) is 0 Å². The van der Waals surface area contributed by atoms with Crippen LogP contribution in [0.15, 0.2) is 0 Å². The monoisotopic (exact) mass is 304 g/mol. The molecule has 2 unspecified atom stereocenters. The molecule has 118 valence electrons. The highest BCUT2D eigenvalue weighted by atomic mass is 32.2. The number of ketones is 1. The Kier molecular flexibility index (Phi) is 5.75. The lowest BCUT2D eigenvalue weighted by molar-refractivity contribution is -0.121. The zero-order chi connectivity index (χ0) is 15.6. The van der Waals surface area contributed by atoms with E-state index >= 15 is 0 Å². The Morgan fingerprint density at radius 2 is 2.00 bits per heavy atom. The van der Waals surface area contributed by atoms with Gasteiger partial charge in [0, 0.05) is 32.0 Å². The molecule has 6 heteroatoms. The number of sulfonamides is 1. The molecule has 0 bridgehead atoms. The van der Waals surface area contributed by atoms with E-state index in [2.05, 4.69) is 0 Å². The molecule has 0 saturated carbocycles. The highest BCUT2D eigenvalue weighted by molar-refractivity contribution is 7.88. The zero-order valence-electron chi connectivity index (χ0n) is 13.1. The summed E-state index contributed by atoms with van der Waals surface area (Å²) in [5.41, 5.74) is 5.94. The van der Waals surface area contributed by atoms with E-state index in [-0.39, 0.29) is 23.2 Å². The van der Waals surface area contributed by atoms with Gasteiger partial charge in [-0.15, -0.1) is 0 Å². The third kappa shape index (κ3) is 5.50. The fourth-order valence-corrected chi connectivity index (χ4v) is 3.39. The lowest BCUT2D eigenvalue weighted by atomic mass is 9.83. The molecule has 0 amide bonds. The molecule has 0 aliphatic carbocycles. The van der Waals surface area contributed by atoms with E-state index in [1.807, 2.05) is 20.8 Å². The van der Waals surface area contributed by atoms with Gasteiger partial charge in [-0.1, -0.05) is 20.8 Å². The molecule has 1 fully saturated rings. The van der Waals surface area contributed by atoms with Crippen LogP contribution in [0.3, 0.4) is 0 Å². The Morgan fingerprint density at radius 1 is 1.40 bits per heavy atom. The predicted molar refractivity (Wildman–Crippen MR) is 80.8 cm³/mol. The van der Waals surface area contributed by atoms with Crippen LogP contribution >= 0.6 is 0 Å². The molecule has 1 aliphatic rings. The van der Waals surface area contributed by atoms with Gasteiger partial charge in [-0.3, -0.25) is 4.79 Å². The van der Waals surface area contributed by atoms with Gasteiger partial charge in [0.2, 0.25) is 10.0 Å². The van der Waals surface area contributed by atoms with E-state index in [9.17, 15) is 13.2 Å². The Bertz CT molecular complexity index is 440. The summed E-state index contributed by atoms with van der Waals surface area (Å²) in [5.74, 6) is 0.283. The van der Waals surface area contributed by atoms with Crippen LogP contribution in [0.5, 0.6) is 0 Å². The minimum Gasteiger partial charge on any atom is -0.327 e. The van der Waals surface area contributed by atoms with Crippen molar-refractivity contribution in [1.82, 2.24) is 4.31 Å². The molecule has 5 nitrogen and oxygen atoms in total. The van der Waals surface area contributed by atoms with Crippen LogP contribution < -0.4 is 5.73 Å². The number of rotatable bonds is 5. The average Bonchev–Trinajstić information content (AvgIpc) is 2.26. The van der Waals surface area contributed by atoms with Crippen molar-refractivity contribution in [2.45, 2.75) is 52.5 Å². The third-order valence-corrected chi connectivity index (χ3v) is 5.30. The highest BCUT2D eigenvalue weighted by Crippen LogP contribution is 2.25. The van der Waals surface area contributed by atoms with Gasteiger partial charge in [0.1, 0.15) is 5.78 Å². The minimum absolute atomic E-state index is 0.0823. The first-order valence-corrected chi connectivity index (χ1v) is 9.07. The van der Waals surface area contributed by atoms with Crippen molar-refractivity contribution >= 4 is 15.8 Å². The van der Waals surface area contributed by atoms with Crippen molar-refractivity contribution in [3.8, 4) is 0 Å². The van der Waals surface area contributed by atoms with Crippen molar-refractivity contribution in [2.75, 3.05) is 19.3 Å². The molecular weight excluding hydrogens is 276 g/mol. The van der Waals surface area contributed by atoms with Crippen LogP contribution in [0.1, 0.15) is 46.5 Å². The van der Waals surface area contributed by atoms with Gasteiger partial charge >= 0.3 is 0 Å². The van der Waals surface area contributed by atoms with Crippen LogP contribution in [-0.4, -0.2) is 43.9 Å². The molecule has 0 aromatic carbocycles. The summed E-state index contributed by atoms with van der Waals surface area (Å²) >= 11 is 0. The van der Waals surface area contributed by atoms with E-state index in [4.69, 9.17) is 5.73 Å². The maximum absolute atomic E-state index is 12.1. The highest BCUT2D eigenvalue weighted by Gasteiger charge is 2.29. The summed E-state index contributed by atoms with van der Waals surface area (Å²) in [6.45, 7) is 7.12. The van der Waals surface area contributed by atoms with Crippen LogP contribution in [-0.2, 0) is 14.8 Å². The summed E-state index contributed by atoms with van der Waals surface area (Å²) < 4.78 is 24.6. The van der Waals surface area contributed by atoms with E-state index in [0.717, 1.165) is 12.8 Å². The first-order valence-electron chi connectivity index (χ1n) is 7.22. The second-order valence-corrected chi connectivity index (χ2v) is 9.03. The standard InChI is InChI=1S/C14H28N2O3S/c1-14(2,3)13(15)9-12(17)8-11-6-5-7-16(10-11)20(4,18)19/h11,13H,5-10,15H2,1-4H3.